The lowest BCUT2D eigenvalue weighted by atomic mass is 10.2. The molecule has 0 saturated carbocycles. The number of nitrogens with one attached hydrogen (secondary N) is 2. The van der Waals surface area contributed by atoms with E-state index in [0.717, 1.165) is 17.8 Å². The van der Waals surface area contributed by atoms with Crippen molar-refractivity contribution in [2.24, 2.45) is 0 Å². The number of nitrogens with zero attached hydrogens (tertiary/aromatic N) is 2. The molecule has 1 atom stereocenters. The molecule has 1 saturated heterocycles. The van der Waals surface area contributed by atoms with E-state index in [1.165, 1.54) is 0 Å². The number of morpholine rings is 1. The zero-order valence-electron chi connectivity index (χ0n) is 11.7. The molecule has 110 valence electrons. The van der Waals surface area contributed by atoms with Gasteiger partial charge in [0.1, 0.15) is 6.10 Å². The zero-order chi connectivity index (χ0) is 14.5. The van der Waals surface area contributed by atoms with Crippen LogP contribution >= 0.6 is 0 Å². The molecule has 1 aromatic heterocycles. The van der Waals surface area contributed by atoms with Gasteiger partial charge in [-0.1, -0.05) is 12.1 Å². The first-order chi connectivity index (χ1) is 10.3. The Bertz CT molecular complexity index is 574. The van der Waals surface area contributed by atoms with E-state index in [9.17, 15) is 4.79 Å². The largest absolute Gasteiger partial charge is 0.366 e. The fraction of sp³-hybridized carbons (Fsp3) is 0.333. The van der Waals surface area contributed by atoms with Crippen LogP contribution in [0.2, 0.25) is 0 Å². The Kier molecular flexibility index (Phi) is 4.28. The average Bonchev–Trinajstić information content (AvgIpc) is 3.08. The van der Waals surface area contributed by atoms with Crippen molar-refractivity contribution in [2.75, 3.05) is 19.7 Å². The lowest BCUT2D eigenvalue weighted by Gasteiger charge is -2.22. The molecule has 0 aliphatic carbocycles. The highest BCUT2D eigenvalue weighted by molar-refractivity contribution is 5.81. The Morgan fingerprint density at radius 3 is 2.95 bits per heavy atom. The summed E-state index contributed by atoms with van der Waals surface area (Å²) in [5.74, 6) is -0.0710. The summed E-state index contributed by atoms with van der Waals surface area (Å²) in [5.41, 5.74) is 2.04. The second-order valence-electron chi connectivity index (χ2n) is 4.90. The van der Waals surface area contributed by atoms with E-state index in [2.05, 4.69) is 15.7 Å². The third kappa shape index (κ3) is 3.48. The molecule has 0 bridgehead atoms. The molecule has 2 aromatic rings. The van der Waals surface area contributed by atoms with Crippen molar-refractivity contribution in [3.63, 3.8) is 0 Å². The highest BCUT2D eigenvalue weighted by atomic mass is 16.5. The zero-order valence-corrected chi connectivity index (χ0v) is 11.7. The molecule has 3 rings (SSSR count). The Labute approximate surface area is 123 Å². The molecule has 6 nitrogen and oxygen atoms in total. The van der Waals surface area contributed by atoms with Gasteiger partial charge in [0, 0.05) is 32.0 Å². The summed E-state index contributed by atoms with van der Waals surface area (Å²) in [6.07, 6.45) is 3.25. The number of rotatable bonds is 4. The number of carbonyl (C=O) groups excluding carboxylic acids is 1. The lowest BCUT2D eigenvalue weighted by molar-refractivity contribution is -0.134. The normalized spacial score (nSPS) is 18.4. The smallest absolute Gasteiger partial charge is 0.250 e. The maximum Gasteiger partial charge on any atom is 0.250 e. The van der Waals surface area contributed by atoms with E-state index in [4.69, 9.17) is 4.74 Å². The molecular weight excluding hydrogens is 268 g/mol. The van der Waals surface area contributed by atoms with Crippen LogP contribution in [0.5, 0.6) is 0 Å². The number of benzene rings is 1. The van der Waals surface area contributed by atoms with Gasteiger partial charge in [0.2, 0.25) is 0 Å². The van der Waals surface area contributed by atoms with Crippen molar-refractivity contribution in [3.05, 3.63) is 48.3 Å². The van der Waals surface area contributed by atoms with Crippen molar-refractivity contribution in [1.82, 2.24) is 20.4 Å². The van der Waals surface area contributed by atoms with Gasteiger partial charge >= 0.3 is 0 Å². The summed E-state index contributed by atoms with van der Waals surface area (Å²) in [6, 6.07) is 9.81. The Balaban J connectivity index is 1.54. The van der Waals surface area contributed by atoms with Gasteiger partial charge < -0.3 is 15.4 Å². The maximum atomic E-state index is 11.9. The molecule has 0 spiro atoms. The quantitative estimate of drug-likeness (QED) is 0.857. The predicted molar refractivity (Wildman–Crippen MR) is 78.0 cm³/mol. The fourth-order valence-corrected chi connectivity index (χ4v) is 2.22. The number of carbonyl (C=O) groups is 1. The van der Waals surface area contributed by atoms with Crippen LogP contribution in [0, 0.1) is 0 Å². The molecule has 6 heteroatoms. The monoisotopic (exact) mass is 286 g/mol. The molecule has 1 aromatic carbocycles. The first-order valence-electron chi connectivity index (χ1n) is 7.02. The summed E-state index contributed by atoms with van der Waals surface area (Å²) in [5, 5.41) is 10.2. The summed E-state index contributed by atoms with van der Waals surface area (Å²) in [7, 11) is 0. The third-order valence-corrected chi connectivity index (χ3v) is 3.39. The Hall–Kier alpha value is -2.18. The molecule has 1 fully saturated rings. The topological polar surface area (TPSA) is 68.2 Å². The molecule has 2 N–H and O–H groups in total. The Morgan fingerprint density at radius 1 is 1.43 bits per heavy atom. The van der Waals surface area contributed by atoms with Gasteiger partial charge in [-0.3, -0.25) is 4.79 Å². The van der Waals surface area contributed by atoms with Gasteiger partial charge in [0.15, 0.2) is 0 Å². The van der Waals surface area contributed by atoms with Crippen LogP contribution in [0.3, 0.4) is 0 Å². The minimum atomic E-state index is -0.387. The van der Waals surface area contributed by atoms with Crippen LogP contribution in [-0.4, -0.2) is 41.5 Å². The van der Waals surface area contributed by atoms with Crippen LogP contribution in [-0.2, 0) is 16.1 Å². The second kappa shape index (κ2) is 6.51. The Morgan fingerprint density at radius 2 is 2.29 bits per heavy atom. The van der Waals surface area contributed by atoms with Crippen molar-refractivity contribution in [2.45, 2.75) is 12.6 Å². The number of aromatic nitrogens is 2. The van der Waals surface area contributed by atoms with Crippen LogP contribution in [0.15, 0.2) is 42.7 Å². The number of hydrogen-bond donors (Lipinski definition) is 2. The van der Waals surface area contributed by atoms with E-state index < -0.39 is 0 Å². The number of amides is 1. The van der Waals surface area contributed by atoms with Crippen LogP contribution in [0.4, 0.5) is 0 Å². The van der Waals surface area contributed by atoms with E-state index in [1.807, 2.05) is 36.5 Å². The summed E-state index contributed by atoms with van der Waals surface area (Å²) >= 11 is 0. The van der Waals surface area contributed by atoms with Crippen LogP contribution in [0.25, 0.3) is 5.69 Å². The number of hydrogen-bond acceptors (Lipinski definition) is 4. The van der Waals surface area contributed by atoms with Gasteiger partial charge in [-0.15, -0.1) is 0 Å². The fourth-order valence-electron chi connectivity index (χ4n) is 2.22. The lowest BCUT2D eigenvalue weighted by Crippen LogP contribution is -2.47. The van der Waals surface area contributed by atoms with Crippen molar-refractivity contribution in [3.8, 4) is 5.69 Å². The van der Waals surface area contributed by atoms with Gasteiger partial charge in [-0.05, 0) is 23.8 Å². The minimum absolute atomic E-state index is 0.0710. The molecule has 2 heterocycles. The third-order valence-electron chi connectivity index (χ3n) is 3.39. The molecule has 1 unspecified atom stereocenters. The highest BCUT2D eigenvalue weighted by Crippen LogP contribution is 2.08. The molecular formula is C15H18N4O2. The standard InChI is InChI=1S/C15H18N4O2/c20-15(14-11-16-7-9-21-14)17-10-12-2-4-13(5-3-12)19-8-1-6-18-19/h1-6,8,14,16H,7,9-11H2,(H,17,20). The second-order valence-corrected chi connectivity index (χ2v) is 4.90. The molecule has 1 aliphatic heterocycles. The maximum absolute atomic E-state index is 11.9. The van der Waals surface area contributed by atoms with Gasteiger partial charge in [0.05, 0.1) is 12.3 Å². The molecule has 1 aliphatic rings. The van der Waals surface area contributed by atoms with Crippen molar-refractivity contribution < 1.29 is 9.53 Å². The molecule has 1 amide bonds. The van der Waals surface area contributed by atoms with E-state index in [0.29, 0.717) is 19.7 Å². The summed E-state index contributed by atoms with van der Waals surface area (Å²) in [6.45, 7) is 2.46. The SMILES string of the molecule is O=C(NCc1ccc(-n2cccn2)cc1)C1CNCCO1. The molecule has 0 radical (unpaired) electrons. The minimum Gasteiger partial charge on any atom is -0.366 e. The summed E-state index contributed by atoms with van der Waals surface area (Å²) in [4.78, 5) is 11.9. The van der Waals surface area contributed by atoms with Gasteiger partial charge in [0.25, 0.3) is 5.91 Å². The average molecular weight is 286 g/mol. The first-order valence-corrected chi connectivity index (χ1v) is 7.02. The molecule has 21 heavy (non-hydrogen) atoms. The van der Waals surface area contributed by atoms with E-state index >= 15 is 0 Å². The van der Waals surface area contributed by atoms with Crippen LogP contribution in [0.1, 0.15) is 5.56 Å². The first kappa shape index (κ1) is 13.8. The summed E-state index contributed by atoms with van der Waals surface area (Å²) < 4.78 is 7.21. The number of ether oxygens (including phenoxy) is 1. The van der Waals surface area contributed by atoms with Crippen LogP contribution < -0.4 is 10.6 Å². The van der Waals surface area contributed by atoms with Gasteiger partial charge in [-0.2, -0.15) is 5.10 Å². The van der Waals surface area contributed by atoms with Crippen molar-refractivity contribution in [1.29, 1.82) is 0 Å². The van der Waals surface area contributed by atoms with E-state index in [1.54, 1.807) is 10.9 Å². The predicted octanol–water partition coefficient (Wildman–Crippen LogP) is 0.477. The highest BCUT2D eigenvalue weighted by Gasteiger charge is 2.21. The van der Waals surface area contributed by atoms with Gasteiger partial charge in [-0.25, -0.2) is 4.68 Å². The van der Waals surface area contributed by atoms with E-state index in [-0.39, 0.29) is 12.0 Å². The van der Waals surface area contributed by atoms with Crippen molar-refractivity contribution >= 4 is 5.91 Å².